The molecule has 0 aliphatic rings. The molecule has 224 valence electrons. The van der Waals surface area contributed by atoms with Gasteiger partial charge in [-0.2, -0.15) is 0 Å². The number of rotatable bonds is 5. The van der Waals surface area contributed by atoms with Gasteiger partial charge in [-0.05, 0) is 94.0 Å². The van der Waals surface area contributed by atoms with Crippen LogP contribution in [0.25, 0.3) is 88.0 Å². The Morgan fingerprint density at radius 3 is 1.21 bits per heavy atom. The lowest BCUT2D eigenvalue weighted by atomic mass is 9.82. The van der Waals surface area contributed by atoms with Gasteiger partial charge in [0.25, 0.3) is 0 Å². The molecule has 0 amide bonds. The summed E-state index contributed by atoms with van der Waals surface area (Å²) in [6.45, 7) is 0. The second kappa shape index (κ2) is 11.8. The van der Waals surface area contributed by atoms with Crippen LogP contribution in [-0.4, -0.2) is 0 Å². The third-order valence-corrected chi connectivity index (χ3v) is 9.68. The first kappa shape index (κ1) is 28.0. The number of benzene rings is 9. The van der Waals surface area contributed by atoms with Gasteiger partial charge in [0, 0.05) is 0 Å². The van der Waals surface area contributed by atoms with E-state index in [-0.39, 0.29) is 0 Å². The van der Waals surface area contributed by atoms with Crippen LogP contribution in [0.1, 0.15) is 0 Å². The van der Waals surface area contributed by atoms with Crippen LogP contribution in [0.15, 0.2) is 194 Å². The van der Waals surface area contributed by atoms with Crippen LogP contribution in [-0.2, 0) is 0 Å². The normalized spacial score (nSPS) is 11.3. The second-order valence-corrected chi connectivity index (χ2v) is 12.5. The minimum Gasteiger partial charge on any atom is -0.0622 e. The highest BCUT2D eigenvalue weighted by Crippen LogP contribution is 2.47. The summed E-state index contributed by atoms with van der Waals surface area (Å²) in [5.41, 5.74) is 12.3. The molecule has 0 saturated heterocycles. The van der Waals surface area contributed by atoms with Crippen LogP contribution >= 0.6 is 0 Å². The van der Waals surface area contributed by atoms with Gasteiger partial charge in [-0.1, -0.05) is 188 Å². The van der Waals surface area contributed by atoms with E-state index < -0.39 is 0 Å². The Morgan fingerprint density at radius 2 is 0.625 bits per heavy atom. The molecule has 0 atom stereocenters. The maximum Gasteiger partial charge on any atom is -0.00141 e. The van der Waals surface area contributed by atoms with Crippen molar-refractivity contribution in [2.45, 2.75) is 0 Å². The van der Waals surface area contributed by atoms with Crippen LogP contribution in [0.3, 0.4) is 0 Å². The fraction of sp³-hybridized carbons (Fsp3) is 0. The van der Waals surface area contributed by atoms with E-state index in [4.69, 9.17) is 0 Å². The Kier molecular flexibility index (Phi) is 6.91. The van der Waals surface area contributed by atoms with E-state index >= 15 is 0 Å². The van der Waals surface area contributed by atoms with Crippen LogP contribution < -0.4 is 0 Å². The van der Waals surface area contributed by atoms with Gasteiger partial charge in [-0.15, -0.1) is 0 Å². The van der Waals surface area contributed by atoms with E-state index in [1.54, 1.807) is 0 Å². The monoisotopic (exact) mass is 608 g/mol. The van der Waals surface area contributed by atoms with Gasteiger partial charge in [0.15, 0.2) is 0 Å². The van der Waals surface area contributed by atoms with Crippen molar-refractivity contribution in [1.29, 1.82) is 0 Å². The Bertz CT molecular complexity index is 2550. The van der Waals surface area contributed by atoms with Crippen molar-refractivity contribution in [3.05, 3.63) is 194 Å². The number of hydrogen-bond acceptors (Lipinski definition) is 0. The summed E-state index contributed by atoms with van der Waals surface area (Å²) < 4.78 is 0. The number of fused-ring (bicyclic) bond motifs is 4. The molecule has 0 spiro atoms. The van der Waals surface area contributed by atoms with Crippen LogP contribution in [0, 0.1) is 0 Å². The molecule has 9 rings (SSSR count). The van der Waals surface area contributed by atoms with Gasteiger partial charge >= 0.3 is 0 Å². The van der Waals surface area contributed by atoms with Gasteiger partial charge in [-0.3, -0.25) is 0 Å². The zero-order chi connectivity index (χ0) is 31.9. The molecule has 0 unspecified atom stereocenters. The minimum absolute atomic E-state index is 1.22. The molecule has 0 radical (unpaired) electrons. The third-order valence-electron chi connectivity index (χ3n) is 9.68. The Hall–Kier alpha value is -6.24. The summed E-state index contributed by atoms with van der Waals surface area (Å²) in [6, 6.07) is 70.8. The average Bonchev–Trinajstić information content (AvgIpc) is 3.18. The van der Waals surface area contributed by atoms with Crippen molar-refractivity contribution in [1.82, 2.24) is 0 Å². The predicted molar refractivity (Wildman–Crippen MR) is 206 cm³/mol. The van der Waals surface area contributed by atoms with Crippen molar-refractivity contribution in [3.8, 4) is 55.6 Å². The van der Waals surface area contributed by atoms with Crippen LogP contribution in [0.4, 0.5) is 0 Å². The topological polar surface area (TPSA) is 0 Å². The van der Waals surface area contributed by atoms with Gasteiger partial charge in [0.1, 0.15) is 0 Å². The zero-order valence-electron chi connectivity index (χ0n) is 26.5. The SMILES string of the molecule is c1ccc(-c2ccc(-c3c4ccc(-c5ccccc5)cc4c(-c4ccc(-c5ccccc5)cc4)c4c3ccc3ccccc34)cc2)cc1. The van der Waals surface area contributed by atoms with Crippen LogP contribution in [0.2, 0.25) is 0 Å². The largest absolute Gasteiger partial charge is 0.0622 e. The first-order valence-electron chi connectivity index (χ1n) is 16.6. The van der Waals surface area contributed by atoms with Crippen LogP contribution in [0.5, 0.6) is 0 Å². The summed E-state index contributed by atoms with van der Waals surface area (Å²) in [5, 5.41) is 7.59. The summed E-state index contributed by atoms with van der Waals surface area (Å²) in [7, 11) is 0. The summed E-state index contributed by atoms with van der Waals surface area (Å²) in [5.74, 6) is 0. The Balaban J connectivity index is 1.37. The molecule has 0 N–H and O–H groups in total. The van der Waals surface area contributed by atoms with Crippen molar-refractivity contribution >= 4 is 32.3 Å². The smallest absolute Gasteiger partial charge is 0.00141 e. The van der Waals surface area contributed by atoms with Crippen molar-refractivity contribution in [2.75, 3.05) is 0 Å². The Labute approximate surface area is 281 Å². The second-order valence-electron chi connectivity index (χ2n) is 12.5. The quantitative estimate of drug-likeness (QED) is 0.135. The Morgan fingerprint density at radius 1 is 0.208 bits per heavy atom. The van der Waals surface area contributed by atoms with Crippen molar-refractivity contribution < 1.29 is 0 Å². The summed E-state index contributed by atoms with van der Waals surface area (Å²) in [6.07, 6.45) is 0. The van der Waals surface area contributed by atoms with Crippen molar-refractivity contribution in [3.63, 3.8) is 0 Å². The lowest BCUT2D eigenvalue weighted by Crippen LogP contribution is -1.93. The molecule has 0 nitrogen and oxygen atoms in total. The molecule has 0 aliphatic heterocycles. The van der Waals surface area contributed by atoms with Gasteiger partial charge in [-0.25, -0.2) is 0 Å². The van der Waals surface area contributed by atoms with E-state index in [1.807, 2.05) is 0 Å². The third kappa shape index (κ3) is 4.87. The fourth-order valence-corrected chi connectivity index (χ4v) is 7.34. The summed E-state index contributed by atoms with van der Waals surface area (Å²) >= 11 is 0. The predicted octanol–water partition coefficient (Wildman–Crippen LogP) is 13.5. The van der Waals surface area contributed by atoms with Gasteiger partial charge < -0.3 is 0 Å². The van der Waals surface area contributed by atoms with E-state index in [0.29, 0.717) is 0 Å². The maximum atomic E-state index is 2.41. The fourth-order valence-electron chi connectivity index (χ4n) is 7.34. The average molecular weight is 609 g/mol. The highest BCUT2D eigenvalue weighted by Gasteiger charge is 2.20. The molecule has 0 heterocycles. The molecule has 0 saturated carbocycles. The first-order valence-corrected chi connectivity index (χ1v) is 16.6. The molecule has 9 aromatic rings. The highest BCUT2D eigenvalue weighted by molar-refractivity contribution is 6.28. The van der Waals surface area contributed by atoms with Crippen molar-refractivity contribution in [2.24, 2.45) is 0 Å². The highest BCUT2D eigenvalue weighted by atomic mass is 14.2. The maximum absolute atomic E-state index is 2.41. The molecule has 0 fully saturated rings. The lowest BCUT2D eigenvalue weighted by Gasteiger charge is -2.20. The van der Waals surface area contributed by atoms with E-state index in [9.17, 15) is 0 Å². The van der Waals surface area contributed by atoms with E-state index in [2.05, 4.69) is 194 Å². The molecule has 0 heteroatoms. The summed E-state index contributed by atoms with van der Waals surface area (Å²) in [4.78, 5) is 0. The minimum atomic E-state index is 1.22. The number of hydrogen-bond donors (Lipinski definition) is 0. The molecule has 48 heavy (non-hydrogen) atoms. The standard InChI is InChI=1S/C48H32/c1-4-12-33(13-5-1)36-20-24-39(25-21-36)46-43-30-29-41(35-16-8-3-9-17-35)32-45(43)47(48-42-19-11-10-18-38(42)28-31-44(46)48)40-26-22-37(23-27-40)34-14-6-2-7-15-34/h1-32H. The zero-order valence-corrected chi connectivity index (χ0v) is 26.5. The van der Waals surface area contributed by atoms with E-state index in [0.717, 1.165) is 0 Å². The first-order chi connectivity index (χ1) is 23.8. The molecular formula is C48H32. The van der Waals surface area contributed by atoms with E-state index in [1.165, 1.54) is 88.0 Å². The van der Waals surface area contributed by atoms with Gasteiger partial charge in [0.2, 0.25) is 0 Å². The molecule has 9 aromatic carbocycles. The molecule has 0 aromatic heterocycles. The van der Waals surface area contributed by atoms with Gasteiger partial charge in [0.05, 0.1) is 0 Å². The molecule has 0 bridgehead atoms. The molecule has 0 aliphatic carbocycles. The molecular weight excluding hydrogens is 577 g/mol. The lowest BCUT2D eigenvalue weighted by molar-refractivity contribution is 1.60.